The van der Waals surface area contributed by atoms with E-state index in [1.165, 1.54) is 14.2 Å². The van der Waals surface area contributed by atoms with Gasteiger partial charge in [0.25, 0.3) is 0 Å². The third-order valence-corrected chi connectivity index (χ3v) is 2.42. The summed E-state index contributed by atoms with van der Waals surface area (Å²) in [5.74, 6) is 0.134. The lowest BCUT2D eigenvalue weighted by molar-refractivity contribution is -0.142. The summed E-state index contributed by atoms with van der Waals surface area (Å²) in [6.07, 6.45) is -0.971. The number of aryl methyl sites for hydroxylation is 1. The molecule has 1 atom stereocenters. The van der Waals surface area contributed by atoms with E-state index in [9.17, 15) is 9.90 Å². The van der Waals surface area contributed by atoms with E-state index >= 15 is 0 Å². The van der Waals surface area contributed by atoms with Crippen LogP contribution in [0.4, 0.5) is 0 Å². The fraction of sp³-hybridized carbons (Fsp3) is 0.417. The molecule has 0 saturated carbocycles. The Hall–Kier alpha value is -1.55. The number of aliphatic hydroxyl groups is 1. The number of ether oxygens (including phenoxy) is 2. The lowest BCUT2D eigenvalue weighted by atomic mass is 10.00. The molecule has 1 aromatic carbocycles. The van der Waals surface area contributed by atoms with Gasteiger partial charge in [-0.3, -0.25) is 4.79 Å². The molecule has 0 spiro atoms. The van der Waals surface area contributed by atoms with Crippen LogP contribution in [0.25, 0.3) is 0 Å². The second kappa shape index (κ2) is 5.51. The second-order valence-electron chi connectivity index (χ2n) is 3.49. The van der Waals surface area contributed by atoms with Crippen LogP contribution in [0.15, 0.2) is 18.2 Å². The number of aliphatic hydroxyl groups excluding tert-OH is 1. The van der Waals surface area contributed by atoms with Gasteiger partial charge < -0.3 is 14.6 Å². The van der Waals surface area contributed by atoms with Gasteiger partial charge in [0.15, 0.2) is 0 Å². The molecule has 0 aliphatic rings. The summed E-state index contributed by atoms with van der Waals surface area (Å²) in [6.45, 7) is 1.86. The van der Waals surface area contributed by atoms with Crippen molar-refractivity contribution in [2.24, 2.45) is 0 Å². The molecule has 1 N–H and O–H groups in total. The quantitative estimate of drug-likeness (QED) is 0.789. The van der Waals surface area contributed by atoms with Crippen molar-refractivity contribution in [2.75, 3.05) is 14.2 Å². The van der Waals surface area contributed by atoms with Crippen LogP contribution >= 0.6 is 0 Å². The number of carbonyl (C=O) groups is 1. The van der Waals surface area contributed by atoms with Crippen LogP contribution in [-0.2, 0) is 9.53 Å². The Morgan fingerprint density at radius 2 is 2.12 bits per heavy atom. The van der Waals surface area contributed by atoms with E-state index in [4.69, 9.17) is 4.74 Å². The van der Waals surface area contributed by atoms with E-state index in [2.05, 4.69) is 4.74 Å². The van der Waals surface area contributed by atoms with E-state index in [1.54, 1.807) is 6.07 Å². The molecule has 0 unspecified atom stereocenters. The Morgan fingerprint density at radius 3 is 2.69 bits per heavy atom. The van der Waals surface area contributed by atoms with Gasteiger partial charge in [-0.05, 0) is 18.6 Å². The summed E-state index contributed by atoms with van der Waals surface area (Å²) in [7, 11) is 2.83. The van der Waals surface area contributed by atoms with Gasteiger partial charge in [0.2, 0.25) is 0 Å². The second-order valence-corrected chi connectivity index (χ2v) is 3.49. The summed E-state index contributed by atoms with van der Waals surface area (Å²) in [4.78, 5) is 11.1. The van der Waals surface area contributed by atoms with E-state index < -0.39 is 12.1 Å². The molecule has 88 valence electrons. The summed E-state index contributed by atoms with van der Waals surface area (Å²) in [5, 5.41) is 9.93. The van der Waals surface area contributed by atoms with E-state index in [0.29, 0.717) is 11.3 Å². The number of esters is 1. The highest BCUT2D eigenvalue weighted by Gasteiger charge is 2.19. The topological polar surface area (TPSA) is 55.8 Å². The molecule has 0 fully saturated rings. The first kappa shape index (κ1) is 12.5. The fourth-order valence-electron chi connectivity index (χ4n) is 1.60. The molecule has 0 amide bonds. The minimum Gasteiger partial charge on any atom is -0.496 e. The Labute approximate surface area is 94.8 Å². The monoisotopic (exact) mass is 224 g/mol. The average Bonchev–Trinajstić information content (AvgIpc) is 2.28. The van der Waals surface area contributed by atoms with Crippen molar-refractivity contribution in [2.45, 2.75) is 19.4 Å². The van der Waals surface area contributed by atoms with Crippen LogP contribution in [0.2, 0.25) is 0 Å². The van der Waals surface area contributed by atoms with Gasteiger partial charge >= 0.3 is 5.97 Å². The van der Waals surface area contributed by atoms with Crippen molar-refractivity contribution >= 4 is 5.97 Å². The van der Waals surface area contributed by atoms with E-state index in [1.807, 2.05) is 19.1 Å². The van der Waals surface area contributed by atoms with Crippen molar-refractivity contribution in [1.29, 1.82) is 0 Å². The first-order valence-corrected chi connectivity index (χ1v) is 4.98. The number of benzene rings is 1. The lowest BCUT2D eigenvalue weighted by Gasteiger charge is -2.16. The molecule has 0 saturated heterocycles. The molecule has 16 heavy (non-hydrogen) atoms. The number of rotatable bonds is 4. The minimum atomic E-state index is -0.899. The van der Waals surface area contributed by atoms with Crippen LogP contribution in [0, 0.1) is 6.92 Å². The van der Waals surface area contributed by atoms with Crippen molar-refractivity contribution in [3.8, 4) is 5.75 Å². The van der Waals surface area contributed by atoms with Crippen LogP contribution in [0.3, 0.4) is 0 Å². The zero-order chi connectivity index (χ0) is 12.1. The number of carbonyl (C=O) groups excluding carboxylic acids is 1. The molecule has 4 heteroatoms. The van der Waals surface area contributed by atoms with Crippen LogP contribution in [-0.4, -0.2) is 25.3 Å². The van der Waals surface area contributed by atoms with Gasteiger partial charge in [0, 0.05) is 5.56 Å². The smallest absolute Gasteiger partial charge is 0.308 e. The maximum atomic E-state index is 11.1. The lowest BCUT2D eigenvalue weighted by Crippen LogP contribution is -2.10. The molecular weight excluding hydrogens is 208 g/mol. The van der Waals surface area contributed by atoms with Crippen molar-refractivity contribution in [3.05, 3.63) is 29.3 Å². The maximum absolute atomic E-state index is 11.1. The maximum Gasteiger partial charge on any atom is 0.308 e. The number of methoxy groups -OCH3 is 2. The number of hydrogen-bond donors (Lipinski definition) is 1. The zero-order valence-corrected chi connectivity index (χ0v) is 9.69. The fourth-order valence-corrected chi connectivity index (χ4v) is 1.60. The zero-order valence-electron chi connectivity index (χ0n) is 9.69. The molecule has 0 bridgehead atoms. The van der Waals surface area contributed by atoms with Crippen molar-refractivity contribution in [3.63, 3.8) is 0 Å². The van der Waals surface area contributed by atoms with Gasteiger partial charge in [-0.15, -0.1) is 0 Å². The normalized spacial score (nSPS) is 12.0. The van der Waals surface area contributed by atoms with Crippen LogP contribution in [0.5, 0.6) is 5.75 Å². The summed E-state index contributed by atoms with van der Waals surface area (Å²) >= 11 is 0. The largest absolute Gasteiger partial charge is 0.496 e. The first-order chi connectivity index (χ1) is 7.60. The predicted octanol–water partition coefficient (Wildman–Crippen LogP) is 1.60. The Balaban J connectivity index is 2.97. The number of hydrogen-bond acceptors (Lipinski definition) is 4. The van der Waals surface area contributed by atoms with Crippen LogP contribution in [0.1, 0.15) is 23.7 Å². The third kappa shape index (κ3) is 2.73. The molecule has 0 aliphatic heterocycles. The third-order valence-electron chi connectivity index (χ3n) is 2.42. The molecule has 1 aromatic rings. The molecule has 0 aromatic heterocycles. The van der Waals surface area contributed by atoms with Crippen molar-refractivity contribution < 1.29 is 19.4 Å². The molecule has 0 aliphatic carbocycles. The van der Waals surface area contributed by atoms with E-state index in [0.717, 1.165) is 5.56 Å². The Morgan fingerprint density at radius 1 is 1.44 bits per heavy atom. The Bertz CT molecular complexity index is 373. The summed E-state index contributed by atoms with van der Waals surface area (Å²) in [5.41, 5.74) is 1.52. The van der Waals surface area contributed by atoms with E-state index in [-0.39, 0.29) is 6.42 Å². The molecule has 0 heterocycles. The minimum absolute atomic E-state index is 0.0717. The SMILES string of the molecule is COC(=O)C[C@H](O)c1c(C)cccc1OC. The molecular formula is C12H16O4. The molecule has 0 radical (unpaired) electrons. The standard InChI is InChI=1S/C12H16O4/c1-8-5-4-6-10(15-2)12(8)9(13)7-11(14)16-3/h4-6,9,13H,7H2,1-3H3/t9-/m0/s1. The predicted molar refractivity (Wildman–Crippen MR) is 59.3 cm³/mol. The van der Waals surface area contributed by atoms with Crippen molar-refractivity contribution in [1.82, 2.24) is 0 Å². The molecule has 1 rings (SSSR count). The van der Waals surface area contributed by atoms with Gasteiger partial charge in [0.05, 0.1) is 26.7 Å². The molecule has 4 nitrogen and oxygen atoms in total. The van der Waals surface area contributed by atoms with Gasteiger partial charge in [0.1, 0.15) is 5.75 Å². The highest BCUT2D eigenvalue weighted by Crippen LogP contribution is 2.30. The van der Waals surface area contributed by atoms with Gasteiger partial charge in [-0.25, -0.2) is 0 Å². The Kier molecular flexibility index (Phi) is 4.31. The van der Waals surface area contributed by atoms with Gasteiger partial charge in [-0.2, -0.15) is 0 Å². The summed E-state index contributed by atoms with van der Waals surface area (Å²) < 4.78 is 9.67. The first-order valence-electron chi connectivity index (χ1n) is 4.98. The highest BCUT2D eigenvalue weighted by atomic mass is 16.5. The van der Waals surface area contributed by atoms with Crippen LogP contribution < -0.4 is 4.74 Å². The highest BCUT2D eigenvalue weighted by molar-refractivity contribution is 5.70. The summed E-state index contributed by atoms with van der Waals surface area (Å²) in [6, 6.07) is 5.45. The average molecular weight is 224 g/mol. The van der Waals surface area contributed by atoms with Gasteiger partial charge in [-0.1, -0.05) is 12.1 Å².